The molecule has 2 rings (SSSR count). The van der Waals surface area contributed by atoms with Gasteiger partial charge < -0.3 is 16.2 Å². The smallest absolute Gasteiger partial charge is 0.222 e. The molecule has 76 valence electrons. The molecule has 14 heavy (non-hydrogen) atoms. The van der Waals surface area contributed by atoms with Crippen LogP contribution in [0.4, 0.5) is 11.6 Å². The van der Waals surface area contributed by atoms with Crippen LogP contribution < -0.4 is 11.1 Å². The number of hydrogen-bond acceptors (Lipinski definition) is 5. The van der Waals surface area contributed by atoms with Gasteiger partial charge in [-0.1, -0.05) is 0 Å². The maximum absolute atomic E-state index is 9.56. The van der Waals surface area contributed by atoms with Crippen LogP contribution in [0.3, 0.4) is 0 Å². The number of nitrogens with one attached hydrogen (secondary N) is 1. The fourth-order valence-electron chi connectivity index (χ4n) is 1.27. The first kappa shape index (κ1) is 9.21. The first-order chi connectivity index (χ1) is 6.75. The predicted octanol–water partition coefficient (Wildman–Crippen LogP) is 0.242. The van der Waals surface area contributed by atoms with Crippen molar-refractivity contribution in [3.63, 3.8) is 0 Å². The van der Waals surface area contributed by atoms with Crippen LogP contribution in [0.2, 0.25) is 0 Å². The Balaban J connectivity index is 1.82. The van der Waals surface area contributed by atoms with Gasteiger partial charge in [-0.3, -0.25) is 0 Å². The third-order valence-electron chi connectivity index (χ3n) is 2.31. The fourth-order valence-corrected chi connectivity index (χ4v) is 1.27. The van der Waals surface area contributed by atoms with Crippen LogP contribution in [-0.2, 0) is 0 Å². The Labute approximate surface area is 82.4 Å². The van der Waals surface area contributed by atoms with Gasteiger partial charge in [-0.05, 0) is 18.8 Å². The summed E-state index contributed by atoms with van der Waals surface area (Å²) in [6, 6.07) is 0. The highest BCUT2D eigenvalue weighted by Gasteiger charge is 2.29. The van der Waals surface area contributed by atoms with Gasteiger partial charge in [-0.2, -0.15) is 0 Å². The molecule has 4 N–H and O–H groups in total. The number of nitrogens with zero attached hydrogens (tertiary/aromatic N) is 2. The summed E-state index contributed by atoms with van der Waals surface area (Å²) in [5, 5.41) is 12.5. The number of anilines is 2. The maximum atomic E-state index is 9.56. The number of nitrogens with two attached hydrogens (primary N) is 1. The molecule has 0 radical (unpaired) electrons. The van der Waals surface area contributed by atoms with Crippen molar-refractivity contribution in [1.82, 2.24) is 9.97 Å². The van der Waals surface area contributed by atoms with Crippen LogP contribution in [0, 0.1) is 5.92 Å². The number of aromatic nitrogens is 2. The highest BCUT2D eigenvalue weighted by atomic mass is 16.3. The highest BCUT2D eigenvalue weighted by molar-refractivity contribution is 5.35. The minimum atomic E-state index is -0.281. The number of nitrogen functional groups attached to an aromatic ring is 1. The Morgan fingerprint density at radius 2 is 2.14 bits per heavy atom. The normalized spacial score (nSPS) is 17.8. The van der Waals surface area contributed by atoms with Gasteiger partial charge in [-0.15, -0.1) is 0 Å². The average Bonchev–Trinajstić information content (AvgIpc) is 3.00. The zero-order valence-electron chi connectivity index (χ0n) is 7.85. The van der Waals surface area contributed by atoms with E-state index in [9.17, 15) is 5.11 Å². The number of hydrogen-bond donors (Lipinski definition) is 3. The molecule has 1 heterocycles. The molecule has 0 aromatic carbocycles. The van der Waals surface area contributed by atoms with E-state index in [1.54, 1.807) is 12.4 Å². The molecule has 0 aliphatic heterocycles. The first-order valence-electron chi connectivity index (χ1n) is 4.75. The molecular formula is C9H14N4O. The van der Waals surface area contributed by atoms with E-state index in [1.807, 2.05) is 0 Å². The van der Waals surface area contributed by atoms with E-state index in [-0.39, 0.29) is 6.10 Å². The van der Waals surface area contributed by atoms with Crippen LogP contribution in [-0.4, -0.2) is 27.7 Å². The van der Waals surface area contributed by atoms with Crippen LogP contribution in [0.1, 0.15) is 12.8 Å². The Hall–Kier alpha value is -1.36. The monoisotopic (exact) mass is 194 g/mol. The lowest BCUT2D eigenvalue weighted by molar-refractivity contribution is 0.164. The molecule has 0 spiro atoms. The number of aliphatic hydroxyl groups excluding tert-OH is 1. The summed E-state index contributed by atoms with van der Waals surface area (Å²) in [7, 11) is 0. The van der Waals surface area contributed by atoms with Crippen molar-refractivity contribution in [2.75, 3.05) is 17.6 Å². The first-order valence-corrected chi connectivity index (χ1v) is 4.75. The van der Waals surface area contributed by atoms with Gasteiger partial charge >= 0.3 is 0 Å². The minimum Gasteiger partial charge on any atom is -0.396 e. The van der Waals surface area contributed by atoms with Gasteiger partial charge in [0.2, 0.25) is 5.95 Å². The van der Waals surface area contributed by atoms with Gasteiger partial charge in [0.15, 0.2) is 0 Å². The van der Waals surface area contributed by atoms with E-state index in [2.05, 4.69) is 15.3 Å². The van der Waals surface area contributed by atoms with Gasteiger partial charge in [0, 0.05) is 6.54 Å². The lowest BCUT2D eigenvalue weighted by atomic mass is 10.2. The topological polar surface area (TPSA) is 84.1 Å². The molecule has 0 bridgehead atoms. The van der Waals surface area contributed by atoms with Crippen molar-refractivity contribution in [2.45, 2.75) is 18.9 Å². The minimum absolute atomic E-state index is 0.281. The summed E-state index contributed by atoms with van der Waals surface area (Å²) in [5.74, 6) is 0.982. The largest absolute Gasteiger partial charge is 0.396 e. The SMILES string of the molecule is Nc1cnc(NCC(O)C2CC2)nc1. The zero-order valence-corrected chi connectivity index (χ0v) is 7.85. The standard InChI is InChI=1S/C9H14N4O/c10-7-3-11-9(12-4-7)13-5-8(14)6-1-2-6/h3-4,6,8,14H,1-2,5,10H2,(H,11,12,13). The van der Waals surface area contributed by atoms with Crippen LogP contribution in [0.25, 0.3) is 0 Å². The van der Waals surface area contributed by atoms with Crippen molar-refractivity contribution in [1.29, 1.82) is 0 Å². The lowest BCUT2D eigenvalue weighted by Gasteiger charge is -2.09. The summed E-state index contributed by atoms with van der Waals surface area (Å²) < 4.78 is 0. The van der Waals surface area contributed by atoms with Crippen molar-refractivity contribution in [3.8, 4) is 0 Å². The van der Waals surface area contributed by atoms with Gasteiger partial charge in [0.05, 0.1) is 24.2 Å². The molecule has 1 unspecified atom stereocenters. The molecule has 5 nitrogen and oxygen atoms in total. The molecule has 1 aromatic rings. The molecule has 0 saturated heterocycles. The Bertz CT molecular complexity index is 296. The third-order valence-corrected chi connectivity index (χ3v) is 2.31. The molecule has 1 aliphatic carbocycles. The second kappa shape index (κ2) is 3.79. The second-order valence-electron chi connectivity index (χ2n) is 3.63. The highest BCUT2D eigenvalue weighted by Crippen LogP contribution is 2.32. The maximum Gasteiger partial charge on any atom is 0.222 e. The lowest BCUT2D eigenvalue weighted by Crippen LogP contribution is -2.22. The molecule has 1 aromatic heterocycles. The van der Waals surface area contributed by atoms with Crippen LogP contribution >= 0.6 is 0 Å². The van der Waals surface area contributed by atoms with E-state index in [0.29, 0.717) is 24.1 Å². The van der Waals surface area contributed by atoms with Crippen molar-refractivity contribution in [2.24, 2.45) is 5.92 Å². The van der Waals surface area contributed by atoms with Crippen LogP contribution in [0.15, 0.2) is 12.4 Å². The van der Waals surface area contributed by atoms with E-state index >= 15 is 0 Å². The van der Waals surface area contributed by atoms with E-state index in [4.69, 9.17) is 5.73 Å². The Morgan fingerprint density at radius 1 is 1.50 bits per heavy atom. The molecule has 1 fully saturated rings. The summed E-state index contributed by atoms with van der Waals surface area (Å²) >= 11 is 0. The van der Waals surface area contributed by atoms with Gasteiger partial charge in [-0.25, -0.2) is 9.97 Å². The molecule has 1 atom stereocenters. The van der Waals surface area contributed by atoms with Crippen molar-refractivity contribution < 1.29 is 5.11 Å². The summed E-state index contributed by atoms with van der Waals surface area (Å²) in [6.45, 7) is 0.509. The molecule has 5 heteroatoms. The molecule has 0 amide bonds. The number of aliphatic hydroxyl groups is 1. The summed E-state index contributed by atoms with van der Waals surface area (Å²) in [6.07, 6.45) is 5.06. The van der Waals surface area contributed by atoms with Gasteiger partial charge in [0.25, 0.3) is 0 Å². The zero-order chi connectivity index (χ0) is 9.97. The van der Waals surface area contributed by atoms with Crippen molar-refractivity contribution in [3.05, 3.63) is 12.4 Å². The third kappa shape index (κ3) is 2.32. The second-order valence-corrected chi connectivity index (χ2v) is 3.63. The summed E-state index contributed by atoms with van der Waals surface area (Å²) in [4.78, 5) is 7.94. The number of rotatable bonds is 4. The summed E-state index contributed by atoms with van der Waals surface area (Å²) in [5.41, 5.74) is 5.98. The Morgan fingerprint density at radius 3 is 2.71 bits per heavy atom. The van der Waals surface area contributed by atoms with E-state index < -0.39 is 0 Å². The quantitative estimate of drug-likeness (QED) is 0.639. The average molecular weight is 194 g/mol. The Kier molecular flexibility index (Phi) is 2.49. The molecular weight excluding hydrogens is 180 g/mol. The predicted molar refractivity (Wildman–Crippen MR) is 53.7 cm³/mol. The van der Waals surface area contributed by atoms with E-state index in [1.165, 1.54) is 0 Å². The van der Waals surface area contributed by atoms with E-state index in [0.717, 1.165) is 12.8 Å². The molecule has 1 aliphatic rings. The molecule has 1 saturated carbocycles. The van der Waals surface area contributed by atoms with Crippen molar-refractivity contribution >= 4 is 11.6 Å². The fraction of sp³-hybridized carbons (Fsp3) is 0.556. The van der Waals surface area contributed by atoms with Crippen LogP contribution in [0.5, 0.6) is 0 Å². The van der Waals surface area contributed by atoms with Gasteiger partial charge in [0.1, 0.15) is 0 Å².